The van der Waals surface area contributed by atoms with Crippen LogP contribution in [-0.2, 0) is 20.9 Å². The molecule has 0 saturated carbocycles. The molecule has 2 aromatic carbocycles. The van der Waals surface area contributed by atoms with E-state index in [2.05, 4.69) is 25.3 Å². The van der Waals surface area contributed by atoms with Crippen molar-refractivity contribution in [1.82, 2.24) is 24.8 Å². The van der Waals surface area contributed by atoms with Gasteiger partial charge in [-0.1, -0.05) is 30.3 Å². The van der Waals surface area contributed by atoms with E-state index in [1.807, 2.05) is 48.5 Å². The smallest absolute Gasteiger partial charge is 0.407 e. The van der Waals surface area contributed by atoms with E-state index in [4.69, 9.17) is 4.74 Å². The number of nitrogens with zero attached hydrogens (tertiary/aromatic N) is 3. The molecule has 4 rings (SSSR count). The van der Waals surface area contributed by atoms with Crippen molar-refractivity contribution in [2.45, 2.75) is 25.4 Å². The summed E-state index contributed by atoms with van der Waals surface area (Å²) < 4.78 is 12.0. The van der Waals surface area contributed by atoms with Crippen molar-refractivity contribution in [3.63, 3.8) is 0 Å². The normalized spacial score (nSPS) is 11.7. The summed E-state index contributed by atoms with van der Waals surface area (Å²) in [6.07, 6.45) is 4.28. The Morgan fingerprint density at radius 2 is 1.86 bits per heavy atom. The Morgan fingerprint density at radius 3 is 2.60 bits per heavy atom. The summed E-state index contributed by atoms with van der Waals surface area (Å²) in [4.78, 5) is 59.2. The van der Waals surface area contributed by atoms with Gasteiger partial charge in [-0.2, -0.15) is 0 Å². The third-order valence-corrected chi connectivity index (χ3v) is 6.21. The molecule has 0 aliphatic rings. The van der Waals surface area contributed by atoms with Crippen LogP contribution in [0, 0.1) is 0 Å². The zero-order valence-corrected chi connectivity index (χ0v) is 23.5. The minimum Gasteiger partial charge on any atom is -0.455 e. The topological polar surface area (TPSA) is 148 Å². The van der Waals surface area contributed by atoms with Crippen LogP contribution in [0.1, 0.15) is 18.7 Å². The molecule has 2 heterocycles. The monoisotopic (exact) mass is 572 g/mol. The number of hydrogen-bond donors (Lipinski definition) is 3. The number of likely N-dealkylation sites (N-methyl/N-ethyl adjacent to an activating group) is 1. The van der Waals surface area contributed by atoms with Crippen LogP contribution in [0.4, 0.5) is 10.5 Å². The van der Waals surface area contributed by atoms with E-state index in [1.165, 1.54) is 28.7 Å². The minimum atomic E-state index is -1.01. The van der Waals surface area contributed by atoms with Gasteiger partial charge in [-0.15, -0.1) is 0 Å². The first kappa shape index (κ1) is 29.6. The molecule has 1 atom stereocenters. The Morgan fingerprint density at radius 1 is 1.07 bits per heavy atom. The summed E-state index contributed by atoms with van der Waals surface area (Å²) >= 11 is 0. The van der Waals surface area contributed by atoms with Gasteiger partial charge in [0.15, 0.2) is 5.75 Å². The lowest BCUT2D eigenvalue weighted by molar-refractivity contribution is -0.123. The molecule has 12 heteroatoms. The summed E-state index contributed by atoms with van der Waals surface area (Å²) in [5, 5.41) is 5.08. The van der Waals surface area contributed by atoms with E-state index in [0.717, 1.165) is 5.52 Å². The van der Waals surface area contributed by atoms with Gasteiger partial charge in [0, 0.05) is 20.3 Å². The van der Waals surface area contributed by atoms with Crippen molar-refractivity contribution < 1.29 is 23.9 Å². The van der Waals surface area contributed by atoms with E-state index in [0.29, 0.717) is 29.3 Å². The second-order valence-corrected chi connectivity index (χ2v) is 9.50. The number of benzene rings is 2. The SMILES string of the molecule is COC(=O)NC(CC/C=C/C(=O)N(C)C)C(=O)Nc1cccn(Cc2nc3c(Oc4ccccc4)cccc3[nH]2)c1=O. The molecular weight excluding hydrogens is 540 g/mol. The summed E-state index contributed by atoms with van der Waals surface area (Å²) in [5.74, 6) is 0.955. The minimum absolute atomic E-state index is 0.0294. The van der Waals surface area contributed by atoms with Crippen LogP contribution < -0.4 is 20.9 Å². The number of ether oxygens (including phenoxy) is 2. The predicted molar refractivity (Wildman–Crippen MR) is 157 cm³/mol. The molecule has 2 aromatic heterocycles. The van der Waals surface area contributed by atoms with Crippen LogP contribution in [0.15, 0.2) is 83.8 Å². The van der Waals surface area contributed by atoms with E-state index < -0.39 is 23.6 Å². The van der Waals surface area contributed by atoms with Gasteiger partial charge in [0.05, 0.1) is 19.2 Å². The number of para-hydroxylation sites is 2. The lowest BCUT2D eigenvalue weighted by atomic mass is 10.1. The Hall–Kier alpha value is -5.39. The molecule has 0 radical (unpaired) electrons. The highest BCUT2D eigenvalue weighted by molar-refractivity contribution is 5.96. The lowest BCUT2D eigenvalue weighted by Crippen LogP contribution is -2.44. The highest BCUT2D eigenvalue weighted by Gasteiger charge is 2.22. The van der Waals surface area contributed by atoms with Gasteiger partial charge in [-0.05, 0) is 55.3 Å². The summed E-state index contributed by atoms with van der Waals surface area (Å²) in [6.45, 7) is 0.108. The molecule has 0 fully saturated rings. The zero-order chi connectivity index (χ0) is 30.1. The number of carbonyl (C=O) groups excluding carboxylic acids is 3. The highest BCUT2D eigenvalue weighted by Crippen LogP contribution is 2.28. The number of hydrogen-bond acceptors (Lipinski definition) is 7. The van der Waals surface area contributed by atoms with Crippen LogP contribution in [0.3, 0.4) is 0 Å². The number of imidazole rings is 1. The van der Waals surface area contributed by atoms with E-state index in [9.17, 15) is 19.2 Å². The Kier molecular flexibility index (Phi) is 9.72. The fraction of sp³-hybridized carbons (Fsp3) is 0.233. The number of aromatic nitrogens is 3. The highest BCUT2D eigenvalue weighted by atomic mass is 16.5. The number of aromatic amines is 1. The number of anilines is 1. The Labute approximate surface area is 242 Å². The molecule has 0 aliphatic carbocycles. The summed E-state index contributed by atoms with van der Waals surface area (Å²) in [6, 6.07) is 17.0. The molecule has 0 aliphatic heterocycles. The van der Waals surface area contributed by atoms with Gasteiger partial charge < -0.3 is 34.6 Å². The maximum atomic E-state index is 13.2. The number of rotatable bonds is 11. The third-order valence-electron chi connectivity index (χ3n) is 6.21. The molecule has 0 bridgehead atoms. The number of amides is 3. The maximum Gasteiger partial charge on any atom is 0.407 e. The molecule has 218 valence electrons. The average Bonchev–Trinajstić information content (AvgIpc) is 3.40. The Bertz CT molecular complexity index is 1640. The first-order valence-corrected chi connectivity index (χ1v) is 13.2. The largest absolute Gasteiger partial charge is 0.455 e. The number of carbonyl (C=O) groups is 3. The molecular formula is C30H32N6O6. The van der Waals surface area contributed by atoms with E-state index in [1.54, 1.807) is 32.4 Å². The number of methoxy groups -OCH3 is 1. The van der Waals surface area contributed by atoms with Crippen LogP contribution in [-0.4, -0.2) is 64.6 Å². The van der Waals surface area contributed by atoms with Crippen molar-refractivity contribution in [1.29, 1.82) is 0 Å². The number of pyridine rings is 1. The van der Waals surface area contributed by atoms with Crippen LogP contribution in [0.2, 0.25) is 0 Å². The predicted octanol–water partition coefficient (Wildman–Crippen LogP) is 3.65. The van der Waals surface area contributed by atoms with E-state index >= 15 is 0 Å². The quantitative estimate of drug-likeness (QED) is 0.232. The lowest BCUT2D eigenvalue weighted by Gasteiger charge is -2.17. The Balaban J connectivity index is 1.48. The zero-order valence-electron chi connectivity index (χ0n) is 23.5. The van der Waals surface area contributed by atoms with Gasteiger partial charge >= 0.3 is 6.09 Å². The fourth-order valence-corrected chi connectivity index (χ4v) is 4.03. The van der Waals surface area contributed by atoms with Crippen molar-refractivity contribution >= 4 is 34.6 Å². The van der Waals surface area contributed by atoms with Crippen molar-refractivity contribution in [2.75, 3.05) is 26.5 Å². The number of fused-ring (bicyclic) bond motifs is 1. The number of H-pyrrole nitrogens is 1. The van der Waals surface area contributed by atoms with Gasteiger partial charge in [0.25, 0.3) is 5.56 Å². The molecule has 0 saturated heterocycles. The van der Waals surface area contributed by atoms with Crippen LogP contribution in [0.5, 0.6) is 11.5 Å². The second-order valence-electron chi connectivity index (χ2n) is 9.50. The fourth-order valence-electron chi connectivity index (χ4n) is 4.03. The second kappa shape index (κ2) is 13.8. The molecule has 3 amide bonds. The number of alkyl carbamates (subject to hydrolysis) is 1. The van der Waals surface area contributed by atoms with Crippen LogP contribution in [0.25, 0.3) is 11.0 Å². The number of nitrogens with one attached hydrogen (secondary N) is 3. The molecule has 12 nitrogen and oxygen atoms in total. The van der Waals surface area contributed by atoms with Gasteiger partial charge in [0.2, 0.25) is 11.8 Å². The molecule has 0 spiro atoms. The summed E-state index contributed by atoms with van der Waals surface area (Å²) in [5.41, 5.74) is 0.933. The molecule has 3 N–H and O–H groups in total. The van der Waals surface area contributed by atoms with Crippen molar-refractivity contribution in [3.8, 4) is 11.5 Å². The molecule has 42 heavy (non-hydrogen) atoms. The standard InChI is InChI=1S/C30H32N6O6/c1-35(2)26(37)17-8-7-13-22(33-30(40)41-3)28(38)32-23-15-10-18-36(29(23)39)19-25-31-21-14-9-16-24(27(21)34-25)42-20-11-5-4-6-12-20/h4-6,8-12,14-18,22H,7,13,19H2,1-3H3,(H,31,34)(H,32,38)(H,33,40)/b17-8+. The number of allylic oxidation sites excluding steroid dienone is 1. The van der Waals surface area contributed by atoms with Gasteiger partial charge in [0.1, 0.15) is 28.8 Å². The molecule has 4 aromatic rings. The maximum absolute atomic E-state index is 13.2. The first-order valence-electron chi connectivity index (χ1n) is 13.2. The van der Waals surface area contributed by atoms with E-state index in [-0.39, 0.29) is 24.6 Å². The first-order chi connectivity index (χ1) is 20.2. The average molecular weight is 573 g/mol. The van der Waals surface area contributed by atoms with Gasteiger partial charge in [-0.25, -0.2) is 9.78 Å². The third kappa shape index (κ3) is 7.62. The summed E-state index contributed by atoms with van der Waals surface area (Å²) in [7, 11) is 4.44. The van der Waals surface area contributed by atoms with Crippen molar-refractivity contribution in [3.05, 3.63) is 95.2 Å². The van der Waals surface area contributed by atoms with Gasteiger partial charge in [-0.3, -0.25) is 14.4 Å². The van der Waals surface area contributed by atoms with Crippen molar-refractivity contribution in [2.24, 2.45) is 0 Å². The molecule has 1 unspecified atom stereocenters. The van der Waals surface area contributed by atoms with Crippen LogP contribution >= 0.6 is 0 Å².